The molecule has 0 saturated heterocycles. The maximum Gasteiger partial charge on any atom is 0.125 e. The van der Waals surface area contributed by atoms with Crippen molar-refractivity contribution in [3.63, 3.8) is 0 Å². The Hall–Kier alpha value is -2.36. The van der Waals surface area contributed by atoms with Gasteiger partial charge in [-0.3, -0.25) is 0 Å². The van der Waals surface area contributed by atoms with Gasteiger partial charge in [0.1, 0.15) is 29.6 Å². The van der Waals surface area contributed by atoms with E-state index in [1.54, 1.807) is 49.6 Å². The van der Waals surface area contributed by atoms with Gasteiger partial charge in [-0.2, -0.15) is 0 Å². The van der Waals surface area contributed by atoms with Crippen molar-refractivity contribution < 1.29 is 19.7 Å². The molecule has 0 bridgehead atoms. The zero-order chi connectivity index (χ0) is 13.0. The minimum atomic E-state index is 0.167. The van der Waals surface area contributed by atoms with Crippen LogP contribution in [0.25, 0.3) is 0 Å². The van der Waals surface area contributed by atoms with E-state index < -0.39 is 0 Å². The summed E-state index contributed by atoms with van der Waals surface area (Å²) in [6.07, 6.45) is 0. The lowest BCUT2D eigenvalue weighted by atomic mass is 10.2. The van der Waals surface area contributed by atoms with E-state index in [-0.39, 0.29) is 18.1 Å². The van der Waals surface area contributed by atoms with Crippen molar-refractivity contribution >= 4 is 0 Å². The number of aromatic hydroxyl groups is 2. The minimum absolute atomic E-state index is 0.167. The third-order valence-corrected chi connectivity index (χ3v) is 2.50. The van der Waals surface area contributed by atoms with Crippen molar-refractivity contribution in [2.24, 2.45) is 0 Å². The highest BCUT2D eigenvalue weighted by Crippen LogP contribution is 2.25. The normalized spacial score (nSPS) is 10.1. The molecule has 2 aromatic rings. The molecule has 0 fully saturated rings. The van der Waals surface area contributed by atoms with E-state index in [0.29, 0.717) is 11.5 Å². The molecule has 0 aliphatic rings. The van der Waals surface area contributed by atoms with Crippen LogP contribution in [0.15, 0.2) is 42.5 Å². The Labute approximate surface area is 105 Å². The van der Waals surface area contributed by atoms with E-state index in [1.807, 2.05) is 0 Å². The number of methoxy groups -OCH3 is 1. The van der Waals surface area contributed by atoms with Gasteiger partial charge in [-0.05, 0) is 42.5 Å². The second kappa shape index (κ2) is 5.31. The molecule has 0 amide bonds. The summed E-state index contributed by atoms with van der Waals surface area (Å²) in [5.41, 5.74) is 0.755. The monoisotopic (exact) mass is 246 g/mol. The zero-order valence-electron chi connectivity index (χ0n) is 9.96. The second-order valence-electron chi connectivity index (χ2n) is 3.78. The van der Waals surface area contributed by atoms with Gasteiger partial charge in [0.05, 0.1) is 7.11 Å². The van der Waals surface area contributed by atoms with Crippen LogP contribution in [0.2, 0.25) is 0 Å². The molecule has 0 aromatic heterocycles. The van der Waals surface area contributed by atoms with Gasteiger partial charge in [0.25, 0.3) is 0 Å². The number of phenolic OH excluding ortho intramolecular Hbond substituents is 2. The van der Waals surface area contributed by atoms with Crippen LogP contribution in [0.3, 0.4) is 0 Å². The van der Waals surface area contributed by atoms with Crippen molar-refractivity contribution in [3.8, 4) is 23.0 Å². The molecule has 4 nitrogen and oxygen atoms in total. The van der Waals surface area contributed by atoms with Crippen LogP contribution in [0, 0.1) is 0 Å². The highest BCUT2D eigenvalue weighted by molar-refractivity contribution is 5.39. The molecular weight excluding hydrogens is 232 g/mol. The fourth-order valence-electron chi connectivity index (χ4n) is 1.58. The summed E-state index contributed by atoms with van der Waals surface area (Å²) in [6.45, 7) is 0.280. The first-order chi connectivity index (χ1) is 8.69. The summed E-state index contributed by atoms with van der Waals surface area (Å²) in [5, 5.41) is 18.6. The fourth-order valence-corrected chi connectivity index (χ4v) is 1.58. The first-order valence-electron chi connectivity index (χ1n) is 5.47. The molecule has 4 heteroatoms. The first kappa shape index (κ1) is 12.1. The molecule has 2 aromatic carbocycles. The lowest BCUT2D eigenvalue weighted by molar-refractivity contribution is 0.295. The fraction of sp³-hybridized carbons (Fsp3) is 0.143. The quantitative estimate of drug-likeness (QED) is 0.870. The summed E-state index contributed by atoms with van der Waals surface area (Å²) < 4.78 is 10.7. The van der Waals surface area contributed by atoms with Crippen LogP contribution < -0.4 is 9.47 Å². The Kier molecular flexibility index (Phi) is 3.57. The molecule has 18 heavy (non-hydrogen) atoms. The van der Waals surface area contributed by atoms with E-state index >= 15 is 0 Å². The van der Waals surface area contributed by atoms with Crippen molar-refractivity contribution in [2.45, 2.75) is 6.61 Å². The lowest BCUT2D eigenvalue weighted by Gasteiger charge is -2.10. The molecule has 0 unspecified atom stereocenters. The Balaban J connectivity index is 2.09. The van der Waals surface area contributed by atoms with E-state index in [4.69, 9.17) is 14.6 Å². The van der Waals surface area contributed by atoms with Gasteiger partial charge in [-0.25, -0.2) is 0 Å². The maximum absolute atomic E-state index is 9.42. The summed E-state index contributed by atoms with van der Waals surface area (Å²) in [5.74, 6) is 1.65. The number of hydrogen-bond acceptors (Lipinski definition) is 4. The Morgan fingerprint density at radius 2 is 1.61 bits per heavy atom. The molecule has 0 spiro atoms. The Morgan fingerprint density at radius 1 is 0.944 bits per heavy atom. The van der Waals surface area contributed by atoms with Crippen LogP contribution >= 0.6 is 0 Å². The smallest absolute Gasteiger partial charge is 0.125 e. The van der Waals surface area contributed by atoms with Crippen LogP contribution in [0.5, 0.6) is 23.0 Å². The van der Waals surface area contributed by atoms with Gasteiger partial charge in [-0.15, -0.1) is 0 Å². The number of rotatable bonds is 4. The highest BCUT2D eigenvalue weighted by atomic mass is 16.5. The third-order valence-electron chi connectivity index (χ3n) is 2.50. The largest absolute Gasteiger partial charge is 0.508 e. The van der Waals surface area contributed by atoms with Crippen LogP contribution in [0.1, 0.15) is 5.56 Å². The third kappa shape index (κ3) is 2.85. The van der Waals surface area contributed by atoms with Gasteiger partial charge in [0.15, 0.2) is 0 Å². The van der Waals surface area contributed by atoms with Gasteiger partial charge in [0, 0.05) is 5.56 Å². The van der Waals surface area contributed by atoms with E-state index in [9.17, 15) is 5.11 Å². The van der Waals surface area contributed by atoms with Crippen molar-refractivity contribution in [2.75, 3.05) is 7.11 Å². The van der Waals surface area contributed by atoms with Crippen molar-refractivity contribution in [1.29, 1.82) is 0 Å². The molecule has 0 aliphatic carbocycles. The van der Waals surface area contributed by atoms with Gasteiger partial charge >= 0.3 is 0 Å². The Morgan fingerprint density at radius 3 is 2.28 bits per heavy atom. The molecule has 0 radical (unpaired) electrons. The number of hydrogen-bond donors (Lipinski definition) is 2. The highest BCUT2D eigenvalue weighted by Gasteiger charge is 2.05. The summed E-state index contributed by atoms with van der Waals surface area (Å²) in [4.78, 5) is 0. The van der Waals surface area contributed by atoms with Crippen LogP contribution in [0.4, 0.5) is 0 Å². The lowest BCUT2D eigenvalue weighted by Crippen LogP contribution is -1.98. The molecule has 0 heterocycles. The van der Waals surface area contributed by atoms with Crippen LogP contribution in [-0.2, 0) is 6.61 Å². The summed E-state index contributed by atoms with van der Waals surface area (Å²) >= 11 is 0. The average molecular weight is 246 g/mol. The minimum Gasteiger partial charge on any atom is -0.508 e. The van der Waals surface area contributed by atoms with Gasteiger partial charge in [0.2, 0.25) is 0 Å². The summed E-state index contributed by atoms with van der Waals surface area (Å²) in [6, 6.07) is 11.3. The van der Waals surface area contributed by atoms with Gasteiger partial charge in [-0.1, -0.05) is 0 Å². The maximum atomic E-state index is 9.42. The van der Waals surface area contributed by atoms with E-state index in [1.165, 1.54) is 0 Å². The molecule has 2 N–H and O–H groups in total. The number of phenols is 2. The Bertz CT molecular complexity index is 520. The van der Waals surface area contributed by atoms with Gasteiger partial charge < -0.3 is 19.7 Å². The number of ether oxygens (including phenoxy) is 2. The SMILES string of the molecule is COc1ccc(O)cc1COc1ccc(O)cc1. The van der Waals surface area contributed by atoms with Crippen LogP contribution in [-0.4, -0.2) is 17.3 Å². The predicted octanol–water partition coefficient (Wildman–Crippen LogP) is 2.69. The van der Waals surface area contributed by atoms with Crippen molar-refractivity contribution in [3.05, 3.63) is 48.0 Å². The molecule has 2 rings (SSSR count). The molecule has 0 aliphatic heterocycles. The standard InChI is InChI=1S/C14H14O4/c1-17-14-7-4-12(16)8-10(14)9-18-13-5-2-11(15)3-6-13/h2-8,15-16H,9H2,1H3. The topological polar surface area (TPSA) is 58.9 Å². The first-order valence-corrected chi connectivity index (χ1v) is 5.47. The molecule has 0 saturated carbocycles. The molecule has 0 atom stereocenters. The van der Waals surface area contributed by atoms with Crippen molar-refractivity contribution in [1.82, 2.24) is 0 Å². The predicted molar refractivity (Wildman–Crippen MR) is 67.1 cm³/mol. The average Bonchev–Trinajstić information content (AvgIpc) is 2.38. The van der Waals surface area contributed by atoms with E-state index in [0.717, 1.165) is 5.56 Å². The second-order valence-corrected chi connectivity index (χ2v) is 3.78. The van der Waals surface area contributed by atoms with E-state index in [2.05, 4.69) is 0 Å². The summed E-state index contributed by atoms with van der Waals surface area (Å²) in [7, 11) is 1.57. The number of benzene rings is 2. The molecular formula is C14H14O4. The zero-order valence-corrected chi connectivity index (χ0v) is 9.96. The molecule has 94 valence electrons.